The third-order valence-electron chi connectivity index (χ3n) is 3.18. The number of nitrogens with zero attached hydrogens (tertiary/aromatic N) is 2. The van der Waals surface area contributed by atoms with Crippen LogP contribution in [0.1, 0.15) is 11.3 Å². The molecule has 0 aliphatic rings. The molecule has 0 amide bonds. The van der Waals surface area contributed by atoms with Crippen molar-refractivity contribution in [2.24, 2.45) is 0 Å². The summed E-state index contributed by atoms with van der Waals surface area (Å²) in [5.74, 6) is 0.504. The Bertz CT molecular complexity index is 815. The van der Waals surface area contributed by atoms with E-state index in [4.69, 9.17) is 5.11 Å². The summed E-state index contributed by atoms with van der Waals surface area (Å²) in [6.07, 6.45) is 0.0509. The second-order valence-electron chi connectivity index (χ2n) is 4.91. The molecule has 0 saturated heterocycles. The van der Waals surface area contributed by atoms with E-state index in [-0.39, 0.29) is 6.42 Å². The van der Waals surface area contributed by atoms with E-state index in [1.54, 1.807) is 11.3 Å². The summed E-state index contributed by atoms with van der Waals surface area (Å²) in [6, 6.07) is 11.8. The van der Waals surface area contributed by atoms with Gasteiger partial charge in [-0.25, -0.2) is 9.97 Å². The van der Waals surface area contributed by atoms with Gasteiger partial charge in [0.1, 0.15) is 10.6 Å². The molecule has 0 fully saturated rings. The number of fused-ring (bicyclic) bond motifs is 1. The van der Waals surface area contributed by atoms with E-state index in [2.05, 4.69) is 15.3 Å². The second kappa shape index (κ2) is 6.11. The number of aliphatic carboxylic acids is 1. The maximum absolute atomic E-state index is 10.7. The highest BCUT2D eigenvalue weighted by molar-refractivity contribution is 7.18. The van der Waals surface area contributed by atoms with Crippen LogP contribution >= 0.6 is 11.3 Å². The molecule has 0 atom stereocenters. The van der Waals surface area contributed by atoms with E-state index in [0.717, 1.165) is 20.7 Å². The number of nitrogens with one attached hydrogen (secondary N) is 1. The van der Waals surface area contributed by atoms with Gasteiger partial charge in [-0.3, -0.25) is 4.79 Å². The number of hydrogen-bond donors (Lipinski definition) is 2. The molecule has 2 heterocycles. The number of rotatable bonds is 5. The fraction of sp³-hybridized carbons (Fsp3) is 0.188. The first-order chi connectivity index (χ1) is 10.6. The van der Waals surface area contributed by atoms with Gasteiger partial charge in [0.15, 0.2) is 5.82 Å². The first kappa shape index (κ1) is 14.5. The van der Waals surface area contributed by atoms with Crippen LogP contribution in [0.25, 0.3) is 21.6 Å². The van der Waals surface area contributed by atoms with Crippen LogP contribution < -0.4 is 5.32 Å². The number of carboxylic acid groups (broad SMARTS) is 1. The normalized spacial score (nSPS) is 10.8. The Labute approximate surface area is 131 Å². The fourth-order valence-corrected chi connectivity index (χ4v) is 3.06. The Kier molecular flexibility index (Phi) is 4.02. The Morgan fingerprint density at radius 3 is 2.77 bits per heavy atom. The molecule has 3 rings (SSSR count). The topological polar surface area (TPSA) is 75.1 Å². The van der Waals surface area contributed by atoms with Gasteiger partial charge in [0.25, 0.3) is 0 Å². The highest BCUT2D eigenvalue weighted by Crippen LogP contribution is 2.30. The maximum atomic E-state index is 10.7. The van der Waals surface area contributed by atoms with E-state index >= 15 is 0 Å². The lowest BCUT2D eigenvalue weighted by molar-refractivity contribution is -0.136. The van der Waals surface area contributed by atoms with Crippen molar-refractivity contribution in [1.29, 1.82) is 0 Å². The summed E-state index contributed by atoms with van der Waals surface area (Å²) in [5.41, 5.74) is 0.941. The average Bonchev–Trinajstić information content (AvgIpc) is 2.88. The van der Waals surface area contributed by atoms with Crippen molar-refractivity contribution in [1.82, 2.24) is 9.97 Å². The van der Waals surface area contributed by atoms with Gasteiger partial charge in [-0.05, 0) is 13.0 Å². The number of thiophene rings is 1. The predicted octanol–water partition coefficient (Wildman–Crippen LogP) is 3.55. The van der Waals surface area contributed by atoms with Gasteiger partial charge in [-0.1, -0.05) is 30.3 Å². The number of aromatic nitrogens is 2. The van der Waals surface area contributed by atoms with Crippen molar-refractivity contribution < 1.29 is 9.90 Å². The Hall–Kier alpha value is -2.47. The van der Waals surface area contributed by atoms with Crippen molar-refractivity contribution >= 4 is 33.3 Å². The Morgan fingerprint density at radius 1 is 1.27 bits per heavy atom. The van der Waals surface area contributed by atoms with Gasteiger partial charge in [0.2, 0.25) is 0 Å². The van der Waals surface area contributed by atoms with Crippen LogP contribution in [0.15, 0.2) is 36.4 Å². The van der Waals surface area contributed by atoms with Gasteiger partial charge in [0, 0.05) is 17.0 Å². The van der Waals surface area contributed by atoms with Crippen LogP contribution in [0.5, 0.6) is 0 Å². The van der Waals surface area contributed by atoms with E-state index in [1.807, 2.05) is 43.3 Å². The van der Waals surface area contributed by atoms with Crippen LogP contribution in [0.4, 0.5) is 5.82 Å². The second-order valence-corrected chi connectivity index (χ2v) is 6.14. The minimum atomic E-state index is -0.831. The van der Waals surface area contributed by atoms with Crippen LogP contribution in [-0.4, -0.2) is 27.6 Å². The number of carboxylic acids is 1. The van der Waals surface area contributed by atoms with Crippen LogP contribution in [0, 0.1) is 6.92 Å². The number of aryl methyl sites for hydroxylation is 1. The summed E-state index contributed by atoms with van der Waals surface area (Å²) in [6.45, 7) is 2.36. The Morgan fingerprint density at radius 2 is 2.05 bits per heavy atom. The third kappa shape index (κ3) is 3.07. The average molecular weight is 313 g/mol. The monoisotopic (exact) mass is 313 g/mol. The molecule has 5 nitrogen and oxygen atoms in total. The molecule has 1 aromatic carbocycles. The van der Waals surface area contributed by atoms with Gasteiger partial charge in [-0.15, -0.1) is 11.3 Å². The van der Waals surface area contributed by atoms with Crippen LogP contribution in [0.2, 0.25) is 0 Å². The minimum absolute atomic E-state index is 0.0509. The molecule has 22 heavy (non-hydrogen) atoms. The molecular weight excluding hydrogens is 298 g/mol. The van der Waals surface area contributed by atoms with Crippen molar-refractivity contribution in [2.75, 3.05) is 11.9 Å². The van der Waals surface area contributed by atoms with Gasteiger partial charge in [0.05, 0.1) is 11.8 Å². The molecule has 0 aliphatic carbocycles. The van der Waals surface area contributed by atoms with Gasteiger partial charge >= 0.3 is 5.97 Å². The van der Waals surface area contributed by atoms with E-state index < -0.39 is 5.97 Å². The summed E-state index contributed by atoms with van der Waals surface area (Å²) < 4.78 is 0. The summed E-state index contributed by atoms with van der Waals surface area (Å²) in [7, 11) is 0. The van der Waals surface area contributed by atoms with Crippen molar-refractivity contribution in [3.8, 4) is 11.4 Å². The zero-order chi connectivity index (χ0) is 15.5. The zero-order valence-corrected chi connectivity index (χ0v) is 12.9. The number of carbonyl (C=O) groups is 1. The molecule has 0 aliphatic heterocycles. The van der Waals surface area contributed by atoms with E-state index in [0.29, 0.717) is 18.2 Å². The molecule has 0 saturated carbocycles. The SMILES string of the molecule is Cc1cc2c(NCCC(=O)O)nc(-c3ccccc3)nc2s1. The maximum Gasteiger partial charge on any atom is 0.305 e. The number of hydrogen-bond acceptors (Lipinski definition) is 5. The first-order valence-electron chi connectivity index (χ1n) is 6.93. The highest BCUT2D eigenvalue weighted by Gasteiger charge is 2.12. The van der Waals surface area contributed by atoms with Crippen LogP contribution in [-0.2, 0) is 4.79 Å². The summed E-state index contributed by atoms with van der Waals surface area (Å²) in [5, 5.41) is 12.8. The molecular formula is C16H15N3O2S. The lowest BCUT2D eigenvalue weighted by Crippen LogP contribution is -2.09. The molecule has 0 unspecified atom stereocenters. The van der Waals surface area contributed by atoms with Crippen LogP contribution in [0.3, 0.4) is 0 Å². The van der Waals surface area contributed by atoms with Crippen molar-refractivity contribution in [3.63, 3.8) is 0 Å². The van der Waals surface area contributed by atoms with Crippen molar-refractivity contribution in [3.05, 3.63) is 41.3 Å². The molecule has 0 bridgehead atoms. The van der Waals surface area contributed by atoms with E-state index in [1.165, 1.54) is 0 Å². The largest absolute Gasteiger partial charge is 0.481 e. The first-order valence-corrected chi connectivity index (χ1v) is 7.74. The molecule has 3 aromatic rings. The lowest BCUT2D eigenvalue weighted by atomic mass is 10.2. The third-order valence-corrected chi connectivity index (χ3v) is 4.12. The fourth-order valence-electron chi connectivity index (χ4n) is 2.18. The minimum Gasteiger partial charge on any atom is -0.481 e. The molecule has 2 aromatic heterocycles. The summed E-state index contributed by atoms with van der Waals surface area (Å²) >= 11 is 1.61. The van der Waals surface area contributed by atoms with Gasteiger partial charge in [-0.2, -0.15) is 0 Å². The molecule has 2 N–H and O–H groups in total. The quantitative estimate of drug-likeness (QED) is 0.753. The standard InChI is InChI=1S/C16H15N3O2S/c1-10-9-12-15(17-8-7-13(20)21)18-14(19-16(12)22-10)11-5-3-2-4-6-11/h2-6,9H,7-8H2,1H3,(H,20,21)(H,17,18,19). The molecule has 0 spiro atoms. The number of anilines is 1. The summed E-state index contributed by atoms with van der Waals surface area (Å²) in [4.78, 5) is 21.9. The Balaban J connectivity index is 2.02. The molecule has 0 radical (unpaired) electrons. The predicted molar refractivity (Wildman–Crippen MR) is 88.3 cm³/mol. The molecule has 6 heteroatoms. The number of benzene rings is 1. The zero-order valence-electron chi connectivity index (χ0n) is 12.0. The smallest absolute Gasteiger partial charge is 0.305 e. The lowest BCUT2D eigenvalue weighted by Gasteiger charge is -2.08. The van der Waals surface area contributed by atoms with Gasteiger partial charge < -0.3 is 10.4 Å². The van der Waals surface area contributed by atoms with Crippen molar-refractivity contribution in [2.45, 2.75) is 13.3 Å². The van der Waals surface area contributed by atoms with E-state index in [9.17, 15) is 4.79 Å². The molecule has 112 valence electrons. The highest BCUT2D eigenvalue weighted by atomic mass is 32.1.